The van der Waals surface area contributed by atoms with Crippen LogP contribution in [0.25, 0.3) is 0 Å². The van der Waals surface area contributed by atoms with Crippen molar-refractivity contribution in [2.45, 2.75) is 18.8 Å². The van der Waals surface area contributed by atoms with Crippen molar-refractivity contribution < 1.29 is 14.3 Å². The number of carbonyl (C=O) groups excluding carboxylic acids is 1. The summed E-state index contributed by atoms with van der Waals surface area (Å²) in [6, 6.07) is 0. The minimum absolute atomic E-state index is 0.203. The van der Waals surface area contributed by atoms with Gasteiger partial charge in [-0.15, -0.1) is 5.10 Å². The fourth-order valence-electron chi connectivity index (χ4n) is 1.48. The van der Waals surface area contributed by atoms with E-state index >= 15 is 0 Å². The monoisotopic (exact) mass is 254 g/mol. The van der Waals surface area contributed by atoms with Crippen molar-refractivity contribution in [2.24, 2.45) is 0 Å². The Balaban J connectivity index is 1.64. The van der Waals surface area contributed by atoms with E-state index in [4.69, 9.17) is 9.47 Å². The number of nitrogens with one attached hydrogen (secondary N) is 2. The Labute approximate surface area is 105 Å². The summed E-state index contributed by atoms with van der Waals surface area (Å²) in [6.45, 7) is 1.98. The number of hydrogen-bond donors (Lipinski definition) is 2. The number of aromatic amines is 1. The van der Waals surface area contributed by atoms with E-state index < -0.39 is 0 Å². The zero-order valence-electron chi connectivity index (χ0n) is 10.4. The Morgan fingerprint density at radius 3 is 3.00 bits per heavy atom. The Morgan fingerprint density at radius 2 is 2.28 bits per heavy atom. The molecule has 0 radical (unpaired) electrons. The van der Waals surface area contributed by atoms with Crippen molar-refractivity contribution in [2.75, 3.05) is 33.5 Å². The molecule has 0 aliphatic heterocycles. The third-order valence-corrected chi connectivity index (χ3v) is 2.63. The highest BCUT2D eigenvalue weighted by molar-refractivity contribution is 5.90. The second kappa shape index (κ2) is 6.46. The summed E-state index contributed by atoms with van der Waals surface area (Å²) in [5.74, 6) is 1.22. The number of ether oxygens (including phenoxy) is 2. The minimum Gasteiger partial charge on any atom is -0.382 e. The van der Waals surface area contributed by atoms with E-state index in [1.807, 2.05) is 0 Å². The molecule has 0 bridgehead atoms. The molecule has 2 N–H and O–H groups in total. The molecule has 2 rings (SSSR count). The summed E-state index contributed by atoms with van der Waals surface area (Å²) in [5, 5.41) is 9.39. The smallest absolute Gasteiger partial charge is 0.291 e. The predicted molar refractivity (Wildman–Crippen MR) is 63.4 cm³/mol. The van der Waals surface area contributed by atoms with Gasteiger partial charge in [0.15, 0.2) is 0 Å². The van der Waals surface area contributed by atoms with Gasteiger partial charge in [0.05, 0.1) is 19.8 Å². The van der Waals surface area contributed by atoms with Crippen molar-refractivity contribution in [3.8, 4) is 0 Å². The average Bonchev–Trinajstić information content (AvgIpc) is 3.11. The van der Waals surface area contributed by atoms with Gasteiger partial charge in [-0.1, -0.05) is 0 Å². The van der Waals surface area contributed by atoms with Gasteiger partial charge in [0.1, 0.15) is 5.82 Å². The molecule has 18 heavy (non-hydrogen) atoms. The molecule has 1 aliphatic rings. The number of H-pyrrole nitrogens is 1. The van der Waals surface area contributed by atoms with Gasteiger partial charge in [0, 0.05) is 19.6 Å². The lowest BCUT2D eigenvalue weighted by molar-refractivity contribution is 0.0691. The second-order valence-corrected chi connectivity index (χ2v) is 4.18. The van der Waals surface area contributed by atoms with Gasteiger partial charge in [0.2, 0.25) is 5.82 Å². The Kier molecular flexibility index (Phi) is 4.66. The molecule has 0 aromatic carbocycles. The highest BCUT2D eigenvalue weighted by atomic mass is 16.5. The molecule has 1 aliphatic carbocycles. The first-order valence-electron chi connectivity index (χ1n) is 6.08. The molecule has 0 spiro atoms. The van der Waals surface area contributed by atoms with Crippen LogP contribution in [0.2, 0.25) is 0 Å². The molecule has 7 nitrogen and oxygen atoms in total. The summed E-state index contributed by atoms with van der Waals surface area (Å²) in [7, 11) is 1.62. The van der Waals surface area contributed by atoms with Gasteiger partial charge < -0.3 is 14.8 Å². The Hall–Kier alpha value is -1.47. The van der Waals surface area contributed by atoms with Crippen molar-refractivity contribution >= 4 is 5.91 Å². The van der Waals surface area contributed by atoms with Crippen LogP contribution in [-0.2, 0) is 9.47 Å². The number of amides is 1. The largest absolute Gasteiger partial charge is 0.382 e. The van der Waals surface area contributed by atoms with Gasteiger partial charge in [-0.2, -0.15) is 0 Å². The zero-order valence-corrected chi connectivity index (χ0v) is 10.4. The minimum atomic E-state index is -0.270. The molecule has 0 unspecified atom stereocenters. The van der Waals surface area contributed by atoms with Crippen LogP contribution in [0, 0.1) is 0 Å². The molecule has 1 saturated carbocycles. The fourth-order valence-corrected chi connectivity index (χ4v) is 1.48. The SMILES string of the molecule is COCCOCCNC(=O)c1n[nH]c(C2CC2)n1. The molecule has 0 atom stereocenters. The number of nitrogens with zero attached hydrogens (tertiary/aromatic N) is 2. The van der Waals surface area contributed by atoms with Crippen LogP contribution in [0.5, 0.6) is 0 Å². The maximum absolute atomic E-state index is 11.7. The number of rotatable bonds is 8. The molecule has 7 heteroatoms. The number of hydrogen-bond acceptors (Lipinski definition) is 5. The fraction of sp³-hybridized carbons (Fsp3) is 0.727. The van der Waals surface area contributed by atoms with Crippen LogP contribution in [0.3, 0.4) is 0 Å². The van der Waals surface area contributed by atoms with Crippen LogP contribution in [-0.4, -0.2) is 54.6 Å². The molecular weight excluding hydrogens is 236 g/mol. The lowest BCUT2D eigenvalue weighted by Gasteiger charge is -2.04. The molecule has 1 fully saturated rings. The van der Waals surface area contributed by atoms with Crippen molar-refractivity contribution in [3.63, 3.8) is 0 Å². The van der Waals surface area contributed by atoms with E-state index in [1.54, 1.807) is 7.11 Å². The van der Waals surface area contributed by atoms with E-state index in [2.05, 4.69) is 20.5 Å². The summed E-state index contributed by atoms with van der Waals surface area (Å²) >= 11 is 0. The summed E-state index contributed by atoms with van der Waals surface area (Å²) in [5.41, 5.74) is 0. The van der Waals surface area contributed by atoms with Crippen LogP contribution in [0.15, 0.2) is 0 Å². The zero-order chi connectivity index (χ0) is 12.8. The van der Waals surface area contributed by atoms with E-state index in [0.717, 1.165) is 18.7 Å². The standard InChI is InChI=1S/C11H18N4O3/c1-17-6-7-18-5-4-12-11(16)10-13-9(14-15-10)8-2-3-8/h8H,2-7H2,1H3,(H,12,16)(H,13,14,15). The second-order valence-electron chi connectivity index (χ2n) is 4.18. The van der Waals surface area contributed by atoms with Crippen molar-refractivity contribution in [3.05, 3.63) is 11.6 Å². The quantitative estimate of drug-likeness (QED) is 0.641. The number of aromatic nitrogens is 3. The van der Waals surface area contributed by atoms with Gasteiger partial charge in [0.25, 0.3) is 5.91 Å². The molecule has 1 aromatic rings. The highest BCUT2D eigenvalue weighted by Gasteiger charge is 2.28. The molecular formula is C11H18N4O3. The highest BCUT2D eigenvalue weighted by Crippen LogP contribution is 2.37. The lowest BCUT2D eigenvalue weighted by atomic mass is 10.4. The first kappa shape index (κ1) is 13.0. The van der Waals surface area contributed by atoms with Crippen LogP contribution in [0.4, 0.5) is 0 Å². The Bertz CT molecular complexity index is 389. The first-order chi connectivity index (χ1) is 8.81. The summed E-state index contributed by atoms with van der Waals surface area (Å²) in [4.78, 5) is 15.8. The van der Waals surface area contributed by atoms with Gasteiger partial charge in [-0.3, -0.25) is 9.89 Å². The third kappa shape index (κ3) is 3.78. The average molecular weight is 254 g/mol. The molecule has 1 heterocycles. The van der Waals surface area contributed by atoms with E-state index in [0.29, 0.717) is 32.3 Å². The Morgan fingerprint density at radius 1 is 1.44 bits per heavy atom. The van der Waals surface area contributed by atoms with Gasteiger partial charge in [-0.05, 0) is 12.8 Å². The molecule has 1 aromatic heterocycles. The van der Waals surface area contributed by atoms with Crippen LogP contribution < -0.4 is 5.32 Å². The third-order valence-electron chi connectivity index (χ3n) is 2.63. The van der Waals surface area contributed by atoms with Crippen molar-refractivity contribution in [1.29, 1.82) is 0 Å². The lowest BCUT2D eigenvalue weighted by Crippen LogP contribution is -2.28. The molecule has 1 amide bonds. The van der Waals surface area contributed by atoms with E-state index in [9.17, 15) is 4.79 Å². The van der Waals surface area contributed by atoms with Crippen LogP contribution >= 0.6 is 0 Å². The van der Waals surface area contributed by atoms with Gasteiger partial charge in [-0.25, -0.2) is 4.98 Å². The maximum atomic E-state index is 11.7. The summed E-state index contributed by atoms with van der Waals surface area (Å²) in [6.07, 6.45) is 2.26. The van der Waals surface area contributed by atoms with E-state index in [1.165, 1.54) is 0 Å². The van der Waals surface area contributed by atoms with E-state index in [-0.39, 0.29) is 11.7 Å². The topological polar surface area (TPSA) is 89.1 Å². The summed E-state index contributed by atoms with van der Waals surface area (Å²) < 4.78 is 10.1. The first-order valence-corrected chi connectivity index (χ1v) is 6.08. The van der Waals surface area contributed by atoms with Crippen molar-refractivity contribution in [1.82, 2.24) is 20.5 Å². The maximum Gasteiger partial charge on any atom is 0.291 e. The number of methoxy groups -OCH3 is 1. The number of carbonyl (C=O) groups is 1. The van der Waals surface area contributed by atoms with Gasteiger partial charge >= 0.3 is 0 Å². The normalized spacial score (nSPS) is 14.7. The molecule has 0 saturated heterocycles. The van der Waals surface area contributed by atoms with Crippen LogP contribution in [0.1, 0.15) is 35.2 Å². The predicted octanol–water partition coefficient (Wildman–Crippen LogP) is 0.0749. The molecule has 100 valence electrons.